The van der Waals surface area contributed by atoms with E-state index in [2.05, 4.69) is 4.18 Å². The van der Waals surface area contributed by atoms with Gasteiger partial charge in [-0.3, -0.25) is 4.79 Å². The molecule has 0 aromatic carbocycles. The van der Waals surface area contributed by atoms with E-state index in [1.807, 2.05) is 0 Å². The number of ketones is 1. The second-order valence-corrected chi connectivity index (χ2v) is 7.63. The van der Waals surface area contributed by atoms with Crippen molar-refractivity contribution in [2.75, 3.05) is 0 Å². The summed E-state index contributed by atoms with van der Waals surface area (Å²) in [5, 5.41) is 0. The molecule has 0 N–H and O–H groups in total. The number of halogens is 2. The molecule has 0 saturated heterocycles. The summed E-state index contributed by atoms with van der Waals surface area (Å²) in [5.41, 5.74) is -0.945. The van der Waals surface area contributed by atoms with Gasteiger partial charge in [0.2, 0.25) is 0 Å². The molecule has 0 radical (unpaired) electrons. The van der Waals surface area contributed by atoms with E-state index in [4.69, 9.17) is 4.74 Å². The third-order valence-electron chi connectivity index (χ3n) is 4.64. The highest BCUT2D eigenvalue weighted by atomic mass is 32.2. The fraction of sp³-hybridized carbons (Fsp3) is 0.833. The molecule has 0 heterocycles. The van der Waals surface area contributed by atoms with Crippen LogP contribution in [0.25, 0.3) is 0 Å². The molecule has 2 atom stereocenters. The number of carbonyl (C=O) groups is 2. The van der Waals surface area contributed by atoms with E-state index >= 15 is 0 Å². The first kappa shape index (κ1) is 14.7. The molecular formula is C12H14F2O6S. The van der Waals surface area contributed by atoms with Crippen LogP contribution in [0, 0.1) is 17.8 Å². The maximum atomic E-state index is 12.2. The molecule has 4 aliphatic carbocycles. The standard InChI is InChI=1S/C12H14F2O6S/c13-10(14)21(17,18)20-11(16)19-12-3-6-1-7(4-12)9(15)8(2-6)5-12/h6-8,10H,1-5H2. The van der Waals surface area contributed by atoms with Gasteiger partial charge in [-0.2, -0.15) is 17.2 Å². The molecule has 4 rings (SSSR count). The molecule has 118 valence electrons. The first-order valence-electron chi connectivity index (χ1n) is 6.69. The van der Waals surface area contributed by atoms with Crippen LogP contribution in [0.2, 0.25) is 0 Å². The first-order chi connectivity index (χ1) is 9.71. The molecule has 2 unspecified atom stereocenters. The maximum Gasteiger partial charge on any atom is 0.524 e. The highest BCUT2D eigenvalue weighted by Crippen LogP contribution is 2.55. The minimum Gasteiger partial charge on any atom is -0.427 e. The molecule has 9 heteroatoms. The SMILES string of the molecule is O=C(OC12CC3CC(C1)C(=O)C(C3)C2)OS(=O)(=O)C(F)F. The van der Waals surface area contributed by atoms with Crippen molar-refractivity contribution < 1.29 is 35.7 Å². The van der Waals surface area contributed by atoms with Crippen LogP contribution in [-0.2, 0) is 23.8 Å². The minimum absolute atomic E-state index is 0.166. The second kappa shape index (κ2) is 4.62. The number of Topliss-reactive ketones (excluding diaryl/α,β-unsaturated/α-hetero) is 1. The van der Waals surface area contributed by atoms with Crippen molar-refractivity contribution in [1.29, 1.82) is 0 Å². The highest BCUT2D eigenvalue weighted by Gasteiger charge is 2.57. The van der Waals surface area contributed by atoms with Gasteiger partial charge in [-0.25, -0.2) is 4.79 Å². The van der Waals surface area contributed by atoms with Crippen LogP contribution >= 0.6 is 0 Å². The van der Waals surface area contributed by atoms with Gasteiger partial charge in [-0.05, 0) is 38.0 Å². The summed E-state index contributed by atoms with van der Waals surface area (Å²) < 4.78 is 54.8. The van der Waals surface area contributed by atoms with Crippen LogP contribution in [0.1, 0.15) is 32.1 Å². The predicted octanol–water partition coefficient (Wildman–Crippen LogP) is 1.84. The molecule has 4 aliphatic rings. The van der Waals surface area contributed by atoms with Gasteiger partial charge in [0.15, 0.2) is 0 Å². The van der Waals surface area contributed by atoms with Crippen molar-refractivity contribution in [2.45, 2.75) is 43.5 Å². The lowest BCUT2D eigenvalue weighted by atomic mass is 9.53. The summed E-state index contributed by atoms with van der Waals surface area (Å²) >= 11 is 0. The van der Waals surface area contributed by atoms with Crippen LogP contribution in [0.3, 0.4) is 0 Å². The van der Waals surface area contributed by atoms with E-state index < -0.39 is 27.6 Å². The van der Waals surface area contributed by atoms with Crippen molar-refractivity contribution in [2.24, 2.45) is 17.8 Å². The molecule has 21 heavy (non-hydrogen) atoms. The summed E-state index contributed by atoms with van der Waals surface area (Å²) in [7, 11) is -5.27. The van der Waals surface area contributed by atoms with Gasteiger partial charge >= 0.3 is 22.0 Å². The van der Waals surface area contributed by atoms with Crippen molar-refractivity contribution >= 4 is 22.1 Å². The minimum atomic E-state index is -5.27. The quantitative estimate of drug-likeness (QED) is 0.581. The number of hydrogen-bond donors (Lipinski definition) is 0. The lowest BCUT2D eigenvalue weighted by Crippen LogP contribution is -2.57. The van der Waals surface area contributed by atoms with Gasteiger partial charge in [0.1, 0.15) is 11.4 Å². The molecule has 4 saturated carbocycles. The van der Waals surface area contributed by atoms with E-state index in [1.165, 1.54) is 0 Å². The Bertz CT molecular complexity index is 569. The van der Waals surface area contributed by atoms with Gasteiger partial charge in [-0.1, -0.05) is 0 Å². The van der Waals surface area contributed by atoms with E-state index in [-0.39, 0.29) is 23.5 Å². The Labute approximate surface area is 119 Å². The topological polar surface area (TPSA) is 86.7 Å². The molecule has 4 bridgehead atoms. The zero-order chi connectivity index (χ0) is 15.4. The lowest BCUT2D eigenvalue weighted by molar-refractivity contribution is -0.164. The normalized spacial score (nSPS) is 37.9. The lowest BCUT2D eigenvalue weighted by Gasteiger charge is -2.54. The molecule has 4 fully saturated rings. The Morgan fingerprint density at radius 1 is 1.19 bits per heavy atom. The first-order valence-corrected chi connectivity index (χ1v) is 8.16. The smallest absolute Gasteiger partial charge is 0.427 e. The molecular weight excluding hydrogens is 310 g/mol. The Balaban J connectivity index is 1.71. The van der Waals surface area contributed by atoms with E-state index in [0.717, 1.165) is 12.8 Å². The van der Waals surface area contributed by atoms with Crippen LogP contribution in [-0.4, -0.2) is 31.7 Å². The maximum absolute atomic E-state index is 12.2. The molecule has 0 amide bonds. The zero-order valence-corrected chi connectivity index (χ0v) is 11.8. The molecule has 0 aromatic heterocycles. The molecule has 0 aromatic rings. The fourth-order valence-electron chi connectivity index (χ4n) is 4.13. The van der Waals surface area contributed by atoms with Gasteiger partial charge in [0.25, 0.3) is 0 Å². The van der Waals surface area contributed by atoms with Crippen molar-refractivity contribution in [3.63, 3.8) is 0 Å². The summed E-state index contributed by atoms with van der Waals surface area (Å²) in [6, 6.07) is 0. The van der Waals surface area contributed by atoms with Crippen LogP contribution in [0.15, 0.2) is 0 Å². The van der Waals surface area contributed by atoms with E-state index in [1.54, 1.807) is 0 Å². The largest absolute Gasteiger partial charge is 0.524 e. The predicted molar refractivity (Wildman–Crippen MR) is 63.8 cm³/mol. The number of alkyl halides is 2. The number of rotatable bonds is 3. The van der Waals surface area contributed by atoms with Gasteiger partial charge < -0.3 is 8.92 Å². The summed E-state index contributed by atoms with van der Waals surface area (Å²) in [6.07, 6.45) is 1.04. The zero-order valence-electron chi connectivity index (χ0n) is 11.0. The summed E-state index contributed by atoms with van der Waals surface area (Å²) in [6.45, 7) is 0. The Morgan fingerprint density at radius 2 is 1.76 bits per heavy atom. The average Bonchev–Trinajstić information content (AvgIpc) is 2.33. The summed E-state index contributed by atoms with van der Waals surface area (Å²) in [4.78, 5) is 23.4. The van der Waals surface area contributed by atoms with E-state index in [9.17, 15) is 26.8 Å². The highest BCUT2D eigenvalue weighted by molar-refractivity contribution is 7.87. The van der Waals surface area contributed by atoms with Crippen LogP contribution in [0.5, 0.6) is 0 Å². The molecule has 6 nitrogen and oxygen atoms in total. The van der Waals surface area contributed by atoms with Gasteiger partial charge in [0.05, 0.1) is 0 Å². The van der Waals surface area contributed by atoms with Crippen molar-refractivity contribution in [3.8, 4) is 0 Å². The van der Waals surface area contributed by atoms with Crippen molar-refractivity contribution in [1.82, 2.24) is 0 Å². The fourth-order valence-corrected chi connectivity index (χ4v) is 4.42. The van der Waals surface area contributed by atoms with Crippen LogP contribution < -0.4 is 0 Å². The Kier molecular flexibility index (Phi) is 3.23. The monoisotopic (exact) mass is 324 g/mol. The molecule has 0 spiro atoms. The Hall–Kier alpha value is -1.25. The number of ether oxygens (including phenoxy) is 1. The molecule has 0 aliphatic heterocycles. The summed E-state index contributed by atoms with van der Waals surface area (Å²) in [5.74, 6) is -3.76. The van der Waals surface area contributed by atoms with Crippen LogP contribution in [0.4, 0.5) is 13.6 Å². The second-order valence-electron chi connectivity index (χ2n) is 6.12. The van der Waals surface area contributed by atoms with Crippen molar-refractivity contribution in [3.05, 3.63) is 0 Å². The van der Waals surface area contributed by atoms with E-state index in [0.29, 0.717) is 19.3 Å². The number of hydrogen-bond acceptors (Lipinski definition) is 6. The third kappa shape index (κ3) is 2.51. The van der Waals surface area contributed by atoms with Gasteiger partial charge in [0, 0.05) is 11.8 Å². The third-order valence-corrected chi connectivity index (χ3v) is 5.45. The van der Waals surface area contributed by atoms with Gasteiger partial charge in [-0.15, -0.1) is 0 Å². The average molecular weight is 324 g/mol. The number of carbonyl (C=O) groups excluding carboxylic acids is 2. The Morgan fingerprint density at radius 3 is 2.29 bits per heavy atom.